The monoisotopic (exact) mass is 306 g/mol. The van der Waals surface area contributed by atoms with E-state index < -0.39 is 10.0 Å². The van der Waals surface area contributed by atoms with Crippen molar-refractivity contribution in [3.05, 3.63) is 35.4 Å². The molecule has 0 saturated heterocycles. The van der Waals surface area contributed by atoms with Crippen LogP contribution in [0.25, 0.3) is 0 Å². The van der Waals surface area contributed by atoms with E-state index in [-0.39, 0.29) is 11.8 Å². The lowest BCUT2D eigenvalue weighted by Crippen LogP contribution is -2.40. The molecule has 0 heterocycles. The van der Waals surface area contributed by atoms with Gasteiger partial charge in [-0.3, -0.25) is 0 Å². The van der Waals surface area contributed by atoms with E-state index in [0.29, 0.717) is 23.0 Å². The summed E-state index contributed by atoms with van der Waals surface area (Å²) < 4.78 is 27.4. The fourth-order valence-electron chi connectivity index (χ4n) is 3.23. The van der Waals surface area contributed by atoms with Gasteiger partial charge in [0.1, 0.15) is 0 Å². The fraction of sp³-hybridized carbons (Fsp3) is 0.562. The highest BCUT2D eigenvalue weighted by Gasteiger charge is 2.27. The first-order chi connectivity index (χ1) is 9.88. The number of nitrogens with zero attached hydrogens (tertiary/aromatic N) is 1. The molecule has 21 heavy (non-hydrogen) atoms. The predicted molar refractivity (Wildman–Crippen MR) is 82.9 cm³/mol. The molecule has 0 aromatic heterocycles. The summed E-state index contributed by atoms with van der Waals surface area (Å²) in [7, 11) is -3.33. The second-order valence-electron chi connectivity index (χ2n) is 6.30. The highest BCUT2D eigenvalue weighted by Crippen LogP contribution is 2.29. The summed E-state index contributed by atoms with van der Waals surface area (Å²) in [6.07, 6.45) is 3.00. The Bertz CT molecular complexity index is 607. The van der Waals surface area contributed by atoms with E-state index in [9.17, 15) is 8.42 Å². The highest BCUT2D eigenvalue weighted by molar-refractivity contribution is 7.88. The van der Waals surface area contributed by atoms with E-state index >= 15 is 0 Å². The van der Waals surface area contributed by atoms with Gasteiger partial charge >= 0.3 is 0 Å². The Balaban J connectivity index is 1.99. The van der Waals surface area contributed by atoms with Gasteiger partial charge in [0.05, 0.1) is 17.4 Å². The molecule has 2 rings (SSSR count). The summed E-state index contributed by atoms with van der Waals surface area (Å²) in [6, 6.07) is 8.77. The minimum absolute atomic E-state index is 0.0298. The molecule has 114 valence electrons. The molecule has 4 nitrogen and oxygen atoms in total. The average Bonchev–Trinajstić information content (AvgIpc) is 2.37. The molecule has 1 aliphatic rings. The number of nitriles is 1. The van der Waals surface area contributed by atoms with Crippen molar-refractivity contribution in [2.45, 2.75) is 44.9 Å². The smallest absolute Gasteiger partial charge is 0.212 e. The molecule has 1 aromatic carbocycles. The molecule has 1 fully saturated rings. The zero-order valence-corrected chi connectivity index (χ0v) is 13.4. The summed E-state index contributed by atoms with van der Waals surface area (Å²) in [5, 5.41) is 8.75. The second kappa shape index (κ2) is 6.59. The number of hydrogen-bond donors (Lipinski definition) is 1. The van der Waals surface area contributed by atoms with Gasteiger partial charge < -0.3 is 0 Å². The second-order valence-corrected chi connectivity index (χ2v) is 8.05. The Morgan fingerprint density at radius 1 is 1.14 bits per heavy atom. The first-order valence-electron chi connectivity index (χ1n) is 7.37. The van der Waals surface area contributed by atoms with E-state index in [1.165, 1.54) is 6.42 Å². The lowest BCUT2D eigenvalue weighted by Gasteiger charge is -2.31. The van der Waals surface area contributed by atoms with Gasteiger partial charge in [-0.2, -0.15) is 5.26 Å². The van der Waals surface area contributed by atoms with Crippen molar-refractivity contribution in [1.29, 1.82) is 5.26 Å². The Hall–Kier alpha value is -1.38. The van der Waals surface area contributed by atoms with Crippen LogP contribution in [0.5, 0.6) is 0 Å². The Morgan fingerprint density at radius 3 is 2.24 bits per heavy atom. The van der Waals surface area contributed by atoms with Crippen LogP contribution < -0.4 is 4.72 Å². The molecule has 5 heteroatoms. The summed E-state index contributed by atoms with van der Waals surface area (Å²) >= 11 is 0. The minimum atomic E-state index is -3.33. The number of hydrogen-bond acceptors (Lipinski definition) is 3. The number of nitrogens with one attached hydrogen (secondary N) is 1. The lowest BCUT2D eigenvalue weighted by molar-refractivity contribution is 0.257. The van der Waals surface area contributed by atoms with E-state index in [0.717, 1.165) is 12.8 Å². The van der Waals surface area contributed by atoms with Gasteiger partial charge in [-0.15, -0.1) is 0 Å². The van der Waals surface area contributed by atoms with Crippen LogP contribution in [0.1, 0.15) is 44.2 Å². The molecule has 2 unspecified atom stereocenters. The molecule has 1 aromatic rings. The van der Waals surface area contributed by atoms with Crippen LogP contribution in [-0.4, -0.2) is 14.5 Å². The maximum absolute atomic E-state index is 12.3. The summed E-state index contributed by atoms with van der Waals surface area (Å²) in [5.41, 5.74) is 1.25. The van der Waals surface area contributed by atoms with Gasteiger partial charge in [-0.25, -0.2) is 13.1 Å². The van der Waals surface area contributed by atoms with Crippen molar-refractivity contribution in [3.63, 3.8) is 0 Å². The van der Waals surface area contributed by atoms with Gasteiger partial charge in [-0.05, 0) is 48.8 Å². The summed E-state index contributed by atoms with van der Waals surface area (Å²) in [4.78, 5) is 0. The molecule has 1 N–H and O–H groups in total. The molecule has 0 bridgehead atoms. The summed E-state index contributed by atoms with van der Waals surface area (Å²) in [6.45, 7) is 4.36. The van der Waals surface area contributed by atoms with Crippen LogP contribution >= 0.6 is 0 Å². The van der Waals surface area contributed by atoms with Crippen molar-refractivity contribution in [2.75, 3.05) is 0 Å². The van der Waals surface area contributed by atoms with E-state index in [1.54, 1.807) is 24.3 Å². The number of benzene rings is 1. The van der Waals surface area contributed by atoms with Crippen molar-refractivity contribution in [3.8, 4) is 6.07 Å². The van der Waals surface area contributed by atoms with Crippen molar-refractivity contribution < 1.29 is 8.42 Å². The van der Waals surface area contributed by atoms with Crippen LogP contribution in [0, 0.1) is 23.2 Å². The van der Waals surface area contributed by atoms with Crippen molar-refractivity contribution in [2.24, 2.45) is 11.8 Å². The zero-order chi connectivity index (χ0) is 15.5. The topological polar surface area (TPSA) is 70.0 Å². The third-order valence-electron chi connectivity index (χ3n) is 3.96. The van der Waals surface area contributed by atoms with Gasteiger partial charge in [0.15, 0.2) is 0 Å². The number of rotatable bonds is 4. The normalized spacial score (nSPS) is 26.2. The van der Waals surface area contributed by atoms with Gasteiger partial charge in [0.2, 0.25) is 10.0 Å². The largest absolute Gasteiger partial charge is 0.216 e. The van der Waals surface area contributed by atoms with Gasteiger partial charge in [-0.1, -0.05) is 26.0 Å². The number of sulfonamides is 1. The highest BCUT2D eigenvalue weighted by atomic mass is 32.2. The van der Waals surface area contributed by atoms with Crippen LogP contribution in [0.15, 0.2) is 24.3 Å². The van der Waals surface area contributed by atoms with Gasteiger partial charge in [0.25, 0.3) is 0 Å². The van der Waals surface area contributed by atoms with E-state index in [4.69, 9.17) is 5.26 Å². The fourth-order valence-corrected chi connectivity index (χ4v) is 4.65. The molecule has 0 radical (unpaired) electrons. The predicted octanol–water partition coefficient (Wildman–Crippen LogP) is 2.80. The third-order valence-corrected chi connectivity index (χ3v) is 5.37. The van der Waals surface area contributed by atoms with Crippen LogP contribution in [0.4, 0.5) is 0 Å². The van der Waals surface area contributed by atoms with E-state index in [2.05, 4.69) is 18.6 Å². The molecular formula is C16H22N2O2S. The van der Waals surface area contributed by atoms with Crippen LogP contribution in [0.2, 0.25) is 0 Å². The Morgan fingerprint density at radius 2 is 1.71 bits per heavy atom. The van der Waals surface area contributed by atoms with Crippen molar-refractivity contribution in [1.82, 2.24) is 4.72 Å². The third kappa shape index (κ3) is 4.83. The summed E-state index contributed by atoms with van der Waals surface area (Å²) in [5.74, 6) is 1.10. The Labute approximate surface area is 127 Å². The Kier molecular flexibility index (Phi) is 5.02. The average molecular weight is 306 g/mol. The first-order valence-corrected chi connectivity index (χ1v) is 9.02. The molecular weight excluding hydrogens is 284 g/mol. The van der Waals surface area contributed by atoms with Crippen molar-refractivity contribution >= 4 is 10.0 Å². The zero-order valence-electron chi connectivity index (χ0n) is 12.5. The van der Waals surface area contributed by atoms with E-state index in [1.807, 2.05) is 6.07 Å². The maximum atomic E-state index is 12.3. The van der Waals surface area contributed by atoms with Crippen LogP contribution in [0.3, 0.4) is 0 Å². The van der Waals surface area contributed by atoms with Crippen LogP contribution in [-0.2, 0) is 15.8 Å². The molecule has 1 aliphatic carbocycles. The van der Waals surface area contributed by atoms with Gasteiger partial charge in [0, 0.05) is 6.04 Å². The minimum Gasteiger partial charge on any atom is -0.212 e. The maximum Gasteiger partial charge on any atom is 0.216 e. The molecule has 0 amide bonds. The SMILES string of the molecule is CC1CC(C)CC(NS(=O)(=O)Cc2ccc(C#N)cc2)C1. The lowest BCUT2D eigenvalue weighted by atomic mass is 9.81. The molecule has 0 aliphatic heterocycles. The standard InChI is InChI=1S/C16H22N2O2S/c1-12-7-13(2)9-16(8-12)18-21(19,20)11-15-5-3-14(10-17)4-6-15/h3-6,12-13,16,18H,7-9,11H2,1-2H3. The molecule has 2 atom stereocenters. The molecule has 0 spiro atoms. The molecule has 1 saturated carbocycles. The first kappa shape index (κ1) is 16.0. The quantitative estimate of drug-likeness (QED) is 0.930.